The third kappa shape index (κ3) is 2.56. The molecule has 3 rings (SSSR count). The number of hydrogen-bond donors (Lipinski definition) is 1. The molecular formula is C16H18N4. The zero-order valence-corrected chi connectivity index (χ0v) is 11.6. The summed E-state index contributed by atoms with van der Waals surface area (Å²) in [5.41, 5.74) is 3.57. The number of rotatable bonds is 5. The van der Waals surface area contributed by atoms with Gasteiger partial charge in [-0.15, -0.1) is 0 Å². The molecule has 0 atom stereocenters. The minimum absolute atomic E-state index is 0.822. The van der Waals surface area contributed by atoms with E-state index in [1.54, 1.807) is 0 Å². The molecule has 0 unspecified atom stereocenters. The molecule has 0 aliphatic heterocycles. The molecule has 0 radical (unpaired) electrons. The van der Waals surface area contributed by atoms with Gasteiger partial charge in [0.05, 0.1) is 0 Å². The van der Waals surface area contributed by atoms with Gasteiger partial charge in [0.2, 0.25) is 0 Å². The van der Waals surface area contributed by atoms with Crippen molar-refractivity contribution in [2.24, 2.45) is 0 Å². The molecule has 0 saturated carbocycles. The van der Waals surface area contributed by atoms with Gasteiger partial charge >= 0.3 is 0 Å². The molecule has 1 N–H and O–H groups in total. The Morgan fingerprint density at radius 2 is 2.00 bits per heavy atom. The third-order valence-corrected chi connectivity index (χ3v) is 3.38. The highest BCUT2D eigenvalue weighted by molar-refractivity contribution is 5.80. The predicted molar refractivity (Wildman–Crippen MR) is 80.5 cm³/mol. The van der Waals surface area contributed by atoms with Gasteiger partial charge in [0.25, 0.3) is 0 Å². The first-order chi connectivity index (χ1) is 9.88. The Balaban J connectivity index is 1.98. The van der Waals surface area contributed by atoms with E-state index in [0.29, 0.717) is 0 Å². The van der Waals surface area contributed by atoms with Crippen LogP contribution in [0.15, 0.2) is 49.1 Å². The van der Waals surface area contributed by atoms with Gasteiger partial charge in [0.15, 0.2) is 0 Å². The van der Waals surface area contributed by atoms with Gasteiger partial charge in [0.1, 0.15) is 5.65 Å². The van der Waals surface area contributed by atoms with Crippen molar-refractivity contribution in [3.05, 3.63) is 60.2 Å². The fraction of sp³-hybridized carbons (Fsp3) is 0.250. The first-order valence-corrected chi connectivity index (χ1v) is 6.91. The van der Waals surface area contributed by atoms with Gasteiger partial charge in [-0.2, -0.15) is 0 Å². The van der Waals surface area contributed by atoms with Gasteiger partial charge < -0.3 is 9.88 Å². The van der Waals surface area contributed by atoms with Crippen molar-refractivity contribution in [2.45, 2.75) is 20.0 Å². The molecule has 4 heteroatoms. The largest absolute Gasteiger partial charge is 0.328 e. The van der Waals surface area contributed by atoms with Crippen molar-refractivity contribution in [1.82, 2.24) is 19.9 Å². The summed E-state index contributed by atoms with van der Waals surface area (Å²) in [5, 5.41) is 4.61. The summed E-state index contributed by atoms with van der Waals surface area (Å²) in [6.07, 6.45) is 7.70. The molecule has 0 spiro atoms. The van der Waals surface area contributed by atoms with Gasteiger partial charge in [-0.3, -0.25) is 4.98 Å². The normalized spacial score (nSPS) is 11.1. The lowest BCUT2D eigenvalue weighted by atomic mass is 10.2. The summed E-state index contributed by atoms with van der Waals surface area (Å²) in [5.74, 6) is 0. The average Bonchev–Trinajstić information content (AvgIpc) is 2.85. The molecule has 0 fully saturated rings. The molecule has 0 saturated heterocycles. The van der Waals surface area contributed by atoms with Gasteiger partial charge in [-0.05, 0) is 41.9 Å². The number of pyridine rings is 2. The van der Waals surface area contributed by atoms with E-state index in [4.69, 9.17) is 0 Å². The Labute approximate surface area is 118 Å². The second kappa shape index (κ2) is 5.84. The van der Waals surface area contributed by atoms with Crippen LogP contribution in [-0.2, 0) is 13.1 Å². The molecule has 3 heterocycles. The first-order valence-electron chi connectivity index (χ1n) is 6.91. The van der Waals surface area contributed by atoms with Crippen molar-refractivity contribution in [1.29, 1.82) is 0 Å². The Bertz CT molecular complexity index is 688. The van der Waals surface area contributed by atoms with Crippen molar-refractivity contribution >= 4 is 11.0 Å². The number of aromatic nitrogens is 3. The van der Waals surface area contributed by atoms with E-state index in [2.05, 4.69) is 39.0 Å². The third-order valence-electron chi connectivity index (χ3n) is 3.38. The lowest BCUT2D eigenvalue weighted by molar-refractivity contribution is 0.724. The Morgan fingerprint density at radius 1 is 1.15 bits per heavy atom. The van der Waals surface area contributed by atoms with Crippen molar-refractivity contribution in [3.8, 4) is 0 Å². The maximum atomic E-state index is 4.53. The highest BCUT2D eigenvalue weighted by Gasteiger charge is 2.09. The van der Waals surface area contributed by atoms with Crippen molar-refractivity contribution < 1.29 is 0 Å². The van der Waals surface area contributed by atoms with Crippen molar-refractivity contribution in [3.63, 3.8) is 0 Å². The number of nitrogens with zero attached hydrogens (tertiary/aromatic N) is 3. The Hall–Kier alpha value is -2.20. The molecule has 0 bridgehead atoms. The molecule has 3 aromatic rings. The van der Waals surface area contributed by atoms with Crippen LogP contribution in [0.3, 0.4) is 0 Å². The van der Waals surface area contributed by atoms with E-state index in [1.807, 2.05) is 36.8 Å². The van der Waals surface area contributed by atoms with Crippen LogP contribution in [0.4, 0.5) is 0 Å². The van der Waals surface area contributed by atoms with E-state index >= 15 is 0 Å². The highest BCUT2D eigenvalue weighted by atomic mass is 15.0. The van der Waals surface area contributed by atoms with Gasteiger partial charge in [-0.25, -0.2) is 4.98 Å². The molecular weight excluding hydrogens is 248 g/mol. The van der Waals surface area contributed by atoms with Crippen molar-refractivity contribution in [2.75, 3.05) is 6.54 Å². The molecule has 102 valence electrons. The molecule has 20 heavy (non-hydrogen) atoms. The maximum absolute atomic E-state index is 4.53. The van der Waals surface area contributed by atoms with Gasteiger partial charge in [-0.1, -0.05) is 6.92 Å². The second-order valence-corrected chi connectivity index (χ2v) is 4.79. The summed E-state index contributed by atoms with van der Waals surface area (Å²) in [4.78, 5) is 8.59. The number of hydrogen-bond acceptors (Lipinski definition) is 3. The van der Waals surface area contributed by atoms with E-state index < -0.39 is 0 Å². The van der Waals surface area contributed by atoms with Gasteiger partial charge in [0, 0.05) is 43.3 Å². The smallest absolute Gasteiger partial charge is 0.140 e. The molecule has 0 amide bonds. The monoisotopic (exact) mass is 266 g/mol. The summed E-state index contributed by atoms with van der Waals surface area (Å²) in [7, 11) is 0. The second-order valence-electron chi connectivity index (χ2n) is 4.79. The Kier molecular flexibility index (Phi) is 3.74. The Morgan fingerprint density at radius 3 is 2.80 bits per heavy atom. The molecule has 0 aromatic carbocycles. The zero-order valence-electron chi connectivity index (χ0n) is 11.6. The average molecular weight is 266 g/mol. The minimum Gasteiger partial charge on any atom is -0.328 e. The number of fused-ring (bicyclic) bond motifs is 1. The van der Waals surface area contributed by atoms with Crippen LogP contribution < -0.4 is 5.32 Å². The molecule has 4 nitrogen and oxygen atoms in total. The first kappa shape index (κ1) is 12.8. The maximum Gasteiger partial charge on any atom is 0.140 e. The standard InChI is InChI=1S/C16H18N4/c1-2-17-10-14-12-20(11-13-5-8-18-9-6-13)16-15(14)4-3-7-19-16/h3-9,12,17H,2,10-11H2,1H3. The summed E-state index contributed by atoms with van der Waals surface area (Å²) < 4.78 is 2.21. The molecule has 0 aliphatic rings. The topological polar surface area (TPSA) is 42.7 Å². The van der Waals surface area contributed by atoms with Crippen LogP contribution in [0.2, 0.25) is 0 Å². The quantitative estimate of drug-likeness (QED) is 0.772. The minimum atomic E-state index is 0.822. The van der Waals surface area contributed by atoms with Crippen LogP contribution in [0.1, 0.15) is 18.1 Å². The highest BCUT2D eigenvalue weighted by Crippen LogP contribution is 2.20. The van der Waals surface area contributed by atoms with E-state index in [0.717, 1.165) is 25.3 Å². The molecule has 3 aromatic heterocycles. The van der Waals surface area contributed by atoms with Crippen LogP contribution in [0.5, 0.6) is 0 Å². The predicted octanol–water partition coefficient (Wildman–Crippen LogP) is 2.59. The van der Waals surface area contributed by atoms with Crippen LogP contribution in [0, 0.1) is 0 Å². The van der Waals surface area contributed by atoms with Crippen LogP contribution in [-0.4, -0.2) is 21.1 Å². The summed E-state index contributed by atoms with van der Waals surface area (Å²) >= 11 is 0. The lowest BCUT2D eigenvalue weighted by Gasteiger charge is -2.04. The summed E-state index contributed by atoms with van der Waals surface area (Å²) in [6, 6.07) is 8.21. The van der Waals surface area contributed by atoms with Crippen LogP contribution >= 0.6 is 0 Å². The number of nitrogens with one attached hydrogen (secondary N) is 1. The lowest BCUT2D eigenvalue weighted by Crippen LogP contribution is -2.11. The fourth-order valence-electron chi connectivity index (χ4n) is 2.40. The fourth-order valence-corrected chi connectivity index (χ4v) is 2.40. The summed E-state index contributed by atoms with van der Waals surface area (Å²) in [6.45, 7) is 4.79. The molecule has 0 aliphatic carbocycles. The van der Waals surface area contributed by atoms with E-state index in [-0.39, 0.29) is 0 Å². The zero-order chi connectivity index (χ0) is 13.8. The van der Waals surface area contributed by atoms with Crippen LogP contribution in [0.25, 0.3) is 11.0 Å². The SMILES string of the molecule is CCNCc1cn(Cc2ccncc2)c2ncccc12. The van der Waals surface area contributed by atoms with E-state index in [1.165, 1.54) is 16.5 Å². The van der Waals surface area contributed by atoms with E-state index in [9.17, 15) is 0 Å².